The largest absolute Gasteiger partial charge is 0.484 e. The van der Waals surface area contributed by atoms with E-state index in [1.807, 2.05) is 0 Å². The number of rotatable bonds is 7. The predicted molar refractivity (Wildman–Crippen MR) is 100 cm³/mol. The van der Waals surface area contributed by atoms with Gasteiger partial charge in [0, 0.05) is 23.2 Å². The number of carbonyl (C=O) groups is 2. The summed E-state index contributed by atoms with van der Waals surface area (Å²) in [5, 5.41) is 5.23. The third-order valence-electron chi connectivity index (χ3n) is 5.55. The highest BCUT2D eigenvalue weighted by Gasteiger charge is 2.68. The first-order chi connectivity index (χ1) is 14.3. The maximum absolute atomic E-state index is 13.2. The summed E-state index contributed by atoms with van der Waals surface area (Å²) in [5.41, 5.74) is -0.0371. The van der Waals surface area contributed by atoms with Gasteiger partial charge in [0.25, 0.3) is 5.91 Å². The smallest absolute Gasteiger partial charge is 0.411 e. The molecule has 2 fully saturated rings. The van der Waals surface area contributed by atoms with Crippen molar-refractivity contribution in [1.29, 1.82) is 0 Å². The number of anilines is 1. The van der Waals surface area contributed by atoms with Crippen molar-refractivity contribution in [1.82, 2.24) is 5.32 Å². The summed E-state index contributed by atoms with van der Waals surface area (Å²) in [6.07, 6.45) is 0.759. The number of fused-ring (bicyclic) bond motifs is 1. The highest BCUT2D eigenvalue weighted by atomic mass is 19.2. The van der Waals surface area contributed by atoms with Gasteiger partial charge in [-0.25, -0.2) is 18.0 Å². The fourth-order valence-corrected chi connectivity index (χ4v) is 3.84. The average molecular weight is 420 g/mol. The fourth-order valence-electron chi connectivity index (χ4n) is 3.84. The number of benzene rings is 2. The minimum Gasteiger partial charge on any atom is -0.484 e. The monoisotopic (exact) mass is 420 g/mol. The number of ether oxygens (including phenoxy) is 2. The molecular weight excluding hydrogens is 401 g/mol. The number of carbonyl (C=O) groups excluding carboxylic acids is 2. The number of hydrogen-bond donors (Lipinski definition) is 2. The summed E-state index contributed by atoms with van der Waals surface area (Å²) in [6, 6.07) is 8.41. The Hall–Kier alpha value is -3.23. The Bertz CT molecular complexity index is 969. The maximum atomic E-state index is 13.2. The van der Waals surface area contributed by atoms with Crippen molar-refractivity contribution in [2.75, 3.05) is 18.5 Å². The second-order valence-corrected chi connectivity index (χ2v) is 7.62. The van der Waals surface area contributed by atoms with Crippen LogP contribution in [-0.2, 0) is 9.53 Å². The molecule has 0 aliphatic heterocycles. The Balaban J connectivity index is 1.16. The molecule has 2 aliphatic rings. The van der Waals surface area contributed by atoms with E-state index in [1.165, 1.54) is 30.3 Å². The Morgan fingerprint density at radius 2 is 1.80 bits per heavy atom. The molecule has 9 heteroatoms. The zero-order chi connectivity index (χ0) is 21.3. The first kappa shape index (κ1) is 20.1. The Morgan fingerprint density at radius 3 is 2.50 bits per heavy atom. The van der Waals surface area contributed by atoms with Gasteiger partial charge in [0.2, 0.25) is 0 Å². The fraction of sp³-hybridized carbons (Fsp3) is 0.333. The lowest BCUT2D eigenvalue weighted by atomic mass is 9.80. The average Bonchev–Trinajstić information content (AvgIpc) is 3.31. The van der Waals surface area contributed by atoms with Crippen molar-refractivity contribution in [3.05, 3.63) is 59.9 Å². The highest BCUT2D eigenvalue weighted by molar-refractivity contribution is 5.84. The minimum absolute atomic E-state index is 0.00725. The van der Waals surface area contributed by atoms with E-state index >= 15 is 0 Å². The van der Waals surface area contributed by atoms with Gasteiger partial charge in [0.05, 0.1) is 6.61 Å². The predicted octanol–water partition coefficient (Wildman–Crippen LogP) is 3.63. The van der Waals surface area contributed by atoms with Crippen molar-refractivity contribution in [3.8, 4) is 5.75 Å². The molecule has 0 heterocycles. The molecule has 2 N–H and O–H groups in total. The highest BCUT2D eigenvalue weighted by Crippen LogP contribution is 2.67. The quantitative estimate of drug-likeness (QED) is 0.717. The summed E-state index contributed by atoms with van der Waals surface area (Å²) < 4.78 is 49.4. The molecule has 6 nitrogen and oxygen atoms in total. The van der Waals surface area contributed by atoms with Crippen LogP contribution in [0.4, 0.5) is 23.7 Å². The Morgan fingerprint density at radius 1 is 1.03 bits per heavy atom. The van der Waals surface area contributed by atoms with Gasteiger partial charge in [-0.1, -0.05) is 0 Å². The van der Waals surface area contributed by atoms with Gasteiger partial charge in [-0.3, -0.25) is 10.1 Å². The first-order valence-corrected chi connectivity index (χ1v) is 9.41. The van der Waals surface area contributed by atoms with E-state index in [0.717, 1.165) is 18.6 Å². The third kappa shape index (κ3) is 4.34. The van der Waals surface area contributed by atoms with Gasteiger partial charge < -0.3 is 14.8 Å². The second kappa shape index (κ2) is 7.89. The molecule has 2 amide bonds. The van der Waals surface area contributed by atoms with Crippen LogP contribution in [0.15, 0.2) is 42.5 Å². The SMILES string of the molecule is O=C(COc1ccc(F)cc1)NC1CC2(COC(=O)Nc3ccc(F)c(F)c3)CC12. The zero-order valence-corrected chi connectivity index (χ0v) is 15.8. The lowest BCUT2D eigenvalue weighted by molar-refractivity contribution is -0.124. The molecule has 2 saturated carbocycles. The standard InChI is InChI=1S/C21H19F3N2O4/c22-12-1-4-14(5-2-12)29-10-19(27)26-18-9-21(8-15(18)21)11-30-20(28)25-13-3-6-16(23)17(24)7-13/h1-7,15,18H,8-11H2,(H,25,28)(H,26,27). The van der Waals surface area contributed by atoms with E-state index < -0.39 is 17.7 Å². The molecule has 30 heavy (non-hydrogen) atoms. The van der Waals surface area contributed by atoms with Crippen LogP contribution < -0.4 is 15.4 Å². The van der Waals surface area contributed by atoms with Crippen molar-refractivity contribution in [2.24, 2.45) is 11.3 Å². The summed E-state index contributed by atoms with van der Waals surface area (Å²) in [4.78, 5) is 23.9. The number of amides is 2. The summed E-state index contributed by atoms with van der Waals surface area (Å²) >= 11 is 0. The van der Waals surface area contributed by atoms with Gasteiger partial charge in [-0.2, -0.15) is 0 Å². The zero-order valence-electron chi connectivity index (χ0n) is 15.8. The molecule has 0 aromatic heterocycles. The number of nitrogens with one attached hydrogen (secondary N) is 2. The molecule has 3 unspecified atom stereocenters. The van der Waals surface area contributed by atoms with Gasteiger partial charge in [0.15, 0.2) is 18.2 Å². The number of hydrogen-bond acceptors (Lipinski definition) is 4. The van der Waals surface area contributed by atoms with Crippen LogP contribution in [0, 0.1) is 28.8 Å². The summed E-state index contributed by atoms with van der Waals surface area (Å²) in [5.74, 6) is -2.09. The Kier molecular flexibility index (Phi) is 5.27. The van der Waals surface area contributed by atoms with Crippen LogP contribution in [-0.4, -0.2) is 31.3 Å². The lowest BCUT2D eigenvalue weighted by Crippen LogP contribution is -2.48. The topological polar surface area (TPSA) is 76.7 Å². The van der Waals surface area contributed by atoms with E-state index in [-0.39, 0.29) is 48.0 Å². The van der Waals surface area contributed by atoms with Gasteiger partial charge in [0.1, 0.15) is 11.6 Å². The van der Waals surface area contributed by atoms with Crippen LogP contribution in [0.3, 0.4) is 0 Å². The maximum Gasteiger partial charge on any atom is 0.411 e. The van der Waals surface area contributed by atoms with E-state index in [1.54, 1.807) is 0 Å². The van der Waals surface area contributed by atoms with Gasteiger partial charge in [-0.15, -0.1) is 0 Å². The number of halogens is 3. The van der Waals surface area contributed by atoms with Crippen molar-refractivity contribution >= 4 is 17.7 Å². The van der Waals surface area contributed by atoms with Gasteiger partial charge >= 0.3 is 6.09 Å². The molecular formula is C21H19F3N2O4. The van der Waals surface area contributed by atoms with E-state index in [9.17, 15) is 22.8 Å². The van der Waals surface area contributed by atoms with Crippen LogP contribution in [0.5, 0.6) is 5.75 Å². The summed E-state index contributed by atoms with van der Waals surface area (Å²) in [6.45, 7) is 0.0145. The van der Waals surface area contributed by atoms with Crippen molar-refractivity contribution in [2.45, 2.75) is 18.9 Å². The molecule has 0 spiro atoms. The third-order valence-corrected chi connectivity index (χ3v) is 5.55. The summed E-state index contributed by atoms with van der Waals surface area (Å²) in [7, 11) is 0. The normalized spacial score (nSPS) is 23.6. The van der Waals surface area contributed by atoms with Crippen LogP contribution in [0.2, 0.25) is 0 Å². The molecule has 2 aromatic rings. The molecule has 4 rings (SSSR count). The first-order valence-electron chi connectivity index (χ1n) is 9.41. The molecule has 0 bridgehead atoms. The molecule has 158 valence electrons. The molecule has 3 atom stereocenters. The van der Waals surface area contributed by atoms with Crippen molar-refractivity contribution < 1.29 is 32.2 Å². The lowest BCUT2D eigenvalue weighted by Gasteiger charge is -2.34. The molecule has 2 aromatic carbocycles. The second-order valence-electron chi connectivity index (χ2n) is 7.62. The molecule has 0 radical (unpaired) electrons. The van der Waals surface area contributed by atoms with Crippen LogP contribution in [0.25, 0.3) is 0 Å². The van der Waals surface area contributed by atoms with Crippen LogP contribution >= 0.6 is 0 Å². The van der Waals surface area contributed by atoms with E-state index in [2.05, 4.69) is 10.6 Å². The Labute approximate surface area is 170 Å². The minimum atomic E-state index is -1.06. The molecule has 2 aliphatic carbocycles. The van der Waals surface area contributed by atoms with Crippen molar-refractivity contribution in [3.63, 3.8) is 0 Å². The van der Waals surface area contributed by atoms with Gasteiger partial charge in [-0.05, 0) is 55.2 Å². The molecule has 0 saturated heterocycles. The van der Waals surface area contributed by atoms with E-state index in [0.29, 0.717) is 12.2 Å². The van der Waals surface area contributed by atoms with Crippen LogP contribution in [0.1, 0.15) is 12.8 Å². The van der Waals surface area contributed by atoms with E-state index in [4.69, 9.17) is 9.47 Å².